The SMILES string of the molecule is COc1ccc(SCc2ccc(C)s2)cc1C. The number of aryl methyl sites for hydroxylation is 2. The van der Waals surface area contributed by atoms with Crippen LogP contribution < -0.4 is 4.74 Å². The van der Waals surface area contributed by atoms with Crippen LogP contribution in [0.2, 0.25) is 0 Å². The van der Waals surface area contributed by atoms with E-state index in [0.29, 0.717) is 0 Å². The lowest BCUT2D eigenvalue weighted by molar-refractivity contribution is 0.411. The number of hydrogen-bond donors (Lipinski definition) is 0. The van der Waals surface area contributed by atoms with E-state index in [1.165, 1.54) is 20.2 Å². The van der Waals surface area contributed by atoms with Crippen LogP contribution in [0.4, 0.5) is 0 Å². The molecule has 3 heteroatoms. The highest BCUT2D eigenvalue weighted by atomic mass is 32.2. The van der Waals surface area contributed by atoms with Crippen LogP contribution >= 0.6 is 23.1 Å². The molecule has 1 nitrogen and oxygen atoms in total. The summed E-state index contributed by atoms with van der Waals surface area (Å²) in [5.74, 6) is 2.01. The molecule has 0 bridgehead atoms. The summed E-state index contributed by atoms with van der Waals surface area (Å²) in [5, 5.41) is 0. The van der Waals surface area contributed by atoms with Gasteiger partial charge in [-0.05, 0) is 49.7 Å². The van der Waals surface area contributed by atoms with Gasteiger partial charge in [-0.2, -0.15) is 0 Å². The quantitative estimate of drug-likeness (QED) is 0.742. The number of thiophene rings is 1. The van der Waals surface area contributed by atoms with Crippen LogP contribution in [-0.4, -0.2) is 7.11 Å². The highest BCUT2D eigenvalue weighted by Gasteiger charge is 2.02. The Morgan fingerprint density at radius 3 is 2.59 bits per heavy atom. The molecule has 2 rings (SSSR count). The fourth-order valence-electron chi connectivity index (χ4n) is 1.66. The van der Waals surface area contributed by atoms with Crippen molar-refractivity contribution in [1.82, 2.24) is 0 Å². The minimum Gasteiger partial charge on any atom is -0.496 e. The van der Waals surface area contributed by atoms with Crippen molar-refractivity contribution in [3.63, 3.8) is 0 Å². The standard InChI is InChI=1S/C14H16OS2/c1-10-8-12(6-7-14(10)15-3)16-9-13-5-4-11(2)17-13/h4-8H,9H2,1-3H3. The molecule has 0 radical (unpaired) electrons. The van der Waals surface area contributed by atoms with Gasteiger partial charge in [0.25, 0.3) is 0 Å². The Morgan fingerprint density at radius 2 is 2.00 bits per heavy atom. The van der Waals surface area contributed by atoms with Crippen LogP contribution in [0.3, 0.4) is 0 Å². The molecule has 2 aromatic rings. The van der Waals surface area contributed by atoms with Crippen molar-refractivity contribution in [3.05, 3.63) is 45.6 Å². The third-order valence-electron chi connectivity index (χ3n) is 2.54. The molecular weight excluding hydrogens is 248 g/mol. The first-order valence-electron chi connectivity index (χ1n) is 5.52. The maximum Gasteiger partial charge on any atom is 0.121 e. The van der Waals surface area contributed by atoms with Gasteiger partial charge in [-0.25, -0.2) is 0 Å². The number of ether oxygens (including phenoxy) is 1. The van der Waals surface area contributed by atoms with Gasteiger partial charge in [0.05, 0.1) is 7.11 Å². The van der Waals surface area contributed by atoms with E-state index in [0.717, 1.165) is 11.5 Å². The van der Waals surface area contributed by atoms with Crippen molar-refractivity contribution in [3.8, 4) is 5.75 Å². The van der Waals surface area contributed by atoms with E-state index >= 15 is 0 Å². The Kier molecular flexibility index (Phi) is 4.13. The maximum absolute atomic E-state index is 5.26. The number of hydrogen-bond acceptors (Lipinski definition) is 3. The van der Waals surface area contributed by atoms with Gasteiger partial charge >= 0.3 is 0 Å². The zero-order valence-electron chi connectivity index (χ0n) is 10.3. The van der Waals surface area contributed by atoms with Crippen LogP contribution in [0.5, 0.6) is 5.75 Å². The molecule has 0 aliphatic carbocycles. The summed E-state index contributed by atoms with van der Waals surface area (Å²) in [4.78, 5) is 4.11. The lowest BCUT2D eigenvalue weighted by Gasteiger charge is -2.06. The third-order valence-corrected chi connectivity index (χ3v) is 4.77. The fraction of sp³-hybridized carbons (Fsp3) is 0.286. The van der Waals surface area contributed by atoms with Crippen LogP contribution in [0.15, 0.2) is 35.2 Å². The summed E-state index contributed by atoms with van der Waals surface area (Å²) >= 11 is 3.75. The van der Waals surface area contributed by atoms with Crippen molar-refractivity contribution in [2.75, 3.05) is 7.11 Å². The van der Waals surface area contributed by atoms with Crippen LogP contribution in [0, 0.1) is 13.8 Å². The molecule has 0 spiro atoms. The zero-order chi connectivity index (χ0) is 12.3. The largest absolute Gasteiger partial charge is 0.496 e. The summed E-state index contributed by atoms with van der Waals surface area (Å²) < 4.78 is 5.26. The first kappa shape index (κ1) is 12.5. The molecule has 17 heavy (non-hydrogen) atoms. The predicted molar refractivity (Wildman–Crippen MR) is 76.3 cm³/mol. The van der Waals surface area contributed by atoms with Crippen molar-refractivity contribution in [2.45, 2.75) is 24.5 Å². The topological polar surface area (TPSA) is 9.23 Å². The molecule has 0 saturated heterocycles. The Hall–Kier alpha value is -0.930. The van der Waals surface area contributed by atoms with E-state index in [1.807, 2.05) is 29.2 Å². The summed E-state index contributed by atoms with van der Waals surface area (Å²) in [6.45, 7) is 4.23. The molecule has 0 saturated carbocycles. The van der Waals surface area contributed by atoms with Gasteiger partial charge in [-0.3, -0.25) is 0 Å². The molecule has 1 heterocycles. The Morgan fingerprint density at radius 1 is 1.18 bits per heavy atom. The van der Waals surface area contributed by atoms with Crippen molar-refractivity contribution in [1.29, 1.82) is 0 Å². The van der Waals surface area contributed by atoms with Crippen molar-refractivity contribution < 1.29 is 4.74 Å². The summed E-state index contributed by atoms with van der Waals surface area (Å²) in [6, 6.07) is 10.7. The minimum absolute atomic E-state index is 0.960. The van der Waals surface area contributed by atoms with Gasteiger partial charge in [0.15, 0.2) is 0 Å². The minimum atomic E-state index is 0.960. The van der Waals surface area contributed by atoms with E-state index in [2.05, 4.69) is 38.1 Å². The lowest BCUT2D eigenvalue weighted by Crippen LogP contribution is -1.86. The fourth-order valence-corrected chi connectivity index (χ4v) is 3.59. The highest BCUT2D eigenvalue weighted by molar-refractivity contribution is 7.98. The molecule has 0 aliphatic heterocycles. The molecular formula is C14H16OS2. The normalized spacial score (nSPS) is 10.5. The lowest BCUT2D eigenvalue weighted by atomic mass is 10.2. The second-order valence-electron chi connectivity index (χ2n) is 3.93. The average molecular weight is 264 g/mol. The number of methoxy groups -OCH3 is 1. The van der Waals surface area contributed by atoms with E-state index in [1.54, 1.807) is 7.11 Å². The van der Waals surface area contributed by atoms with Gasteiger partial charge in [0, 0.05) is 20.4 Å². The second-order valence-corrected chi connectivity index (χ2v) is 6.35. The van der Waals surface area contributed by atoms with Crippen molar-refractivity contribution in [2.24, 2.45) is 0 Å². The van der Waals surface area contributed by atoms with E-state index in [9.17, 15) is 0 Å². The first-order valence-corrected chi connectivity index (χ1v) is 7.32. The maximum atomic E-state index is 5.26. The van der Waals surface area contributed by atoms with Gasteiger partial charge in [-0.15, -0.1) is 23.1 Å². The molecule has 0 amide bonds. The Balaban J connectivity index is 2.02. The van der Waals surface area contributed by atoms with E-state index in [-0.39, 0.29) is 0 Å². The monoisotopic (exact) mass is 264 g/mol. The van der Waals surface area contributed by atoms with Gasteiger partial charge < -0.3 is 4.74 Å². The van der Waals surface area contributed by atoms with Gasteiger partial charge in [0.1, 0.15) is 5.75 Å². The smallest absolute Gasteiger partial charge is 0.121 e. The molecule has 1 aromatic carbocycles. The van der Waals surface area contributed by atoms with Gasteiger partial charge in [-0.1, -0.05) is 0 Å². The van der Waals surface area contributed by atoms with Crippen molar-refractivity contribution >= 4 is 23.1 Å². The second kappa shape index (κ2) is 5.61. The van der Waals surface area contributed by atoms with Crippen LogP contribution in [0.1, 0.15) is 15.3 Å². The summed E-state index contributed by atoms with van der Waals surface area (Å²) in [6.07, 6.45) is 0. The molecule has 0 aliphatic rings. The molecule has 1 aromatic heterocycles. The first-order chi connectivity index (χ1) is 8.19. The predicted octanol–water partition coefficient (Wildman–Crippen LogP) is 4.67. The molecule has 0 atom stereocenters. The number of benzene rings is 1. The summed E-state index contributed by atoms with van der Waals surface area (Å²) in [5.41, 5.74) is 1.19. The van der Waals surface area contributed by atoms with E-state index < -0.39 is 0 Å². The molecule has 90 valence electrons. The molecule has 0 unspecified atom stereocenters. The molecule has 0 N–H and O–H groups in total. The van der Waals surface area contributed by atoms with Crippen LogP contribution in [-0.2, 0) is 5.75 Å². The van der Waals surface area contributed by atoms with Gasteiger partial charge in [0.2, 0.25) is 0 Å². The Labute approximate surface area is 111 Å². The zero-order valence-corrected chi connectivity index (χ0v) is 12.0. The number of thioether (sulfide) groups is 1. The van der Waals surface area contributed by atoms with Crippen LogP contribution in [0.25, 0.3) is 0 Å². The third kappa shape index (κ3) is 3.27. The van der Waals surface area contributed by atoms with E-state index in [4.69, 9.17) is 4.74 Å². The molecule has 0 fully saturated rings. The Bertz CT molecular complexity index is 503. The summed E-state index contributed by atoms with van der Waals surface area (Å²) in [7, 11) is 1.71. The average Bonchev–Trinajstić information content (AvgIpc) is 2.73. The highest BCUT2D eigenvalue weighted by Crippen LogP contribution is 2.29. The number of rotatable bonds is 4.